The third-order valence-electron chi connectivity index (χ3n) is 2.65. The zero-order valence-electron chi connectivity index (χ0n) is 10.2. The molecule has 0 aliphatic heterocycles. The van der Waals surface area contributed by atoms with Crippen LogP contribution >= 0.6 is 0 Å². The summed E-state index contributed by atoms with van der Waals surface area (Å²) in [6, 6.07) is 8.57. The van der Waals surface area contributed by atoms with Gasteiger partial charge in [-0.05, 0) is 24.3 Å². The number of nitriles is 1. The molecule has 0 bridgehead atoms. The van der Waals surface area contributed by atoms with Crippen molar-refractivity contribution in [1.82, 2.24) is 9.13 Å². The third kappa shape index (κ3) is 2.40. The molecule has 96 valence electrons. The second-order valence-electron chi connectivity index (χ2n) is 3.76. The van der Waals surface area contributed by atoms with Crippen molar-refractivity contribution in [3.8, 4) is 17.5 Å². The standard InChI is InChI=1S/C13H11N3O3/c1-19-11-4-2-10(3-5-11)16-9-8-15(7-6-14)12(17)13(16)18/h2-5,8-9H,7H2,1H3. The Bertz CT molecular complexity index is 735. The smallest absolute Gasteiger partial charge is 0.321 e. The van der Waals surface area contributed by atoms with Crippen molar-refractivity contribution in [2.24, 2.45) is 0 Å². The van der Waals surface area contributed by atoms with E-state index < -0.39 is 11.1 Å². The molecule has 0 aliphatic carbocycles. The van der Waals surface area contributed by atoms with Crippen LogP contribution in [0.1, 0.15) is 0 Å². The van der Waals surface area contributed by atoms with Crippen LogP contribution in [0, 0.1) is 11.3 Å². The second kappa shape index (κ2) is 5.23. The molecule has 1 aromatic heterocycles. The van der Waals surface area contributed by atoms with Crippen LogP contribution in [0.5, 0.6) is 5.75 Å². The van der Waals surface area contributed by atoms with E-state index in [1.165, 1.54) is 17.0 Å². The van der Waals surface area contributed by atoms with Crippen LogP contribution in [0.2, 0.25) is 0 Å². The van der Waals surface area contributed by atoms with Gasteiger partial charge in [0.1, 0.15) is 12.3 Å². The van der Waals surface area contributed by atoms with E-state index in [0.717, 1.165) is 4.57 Å². The van der Waals surface area contributed by atoms with E-state index in [1.807, 2.05) is 6.07 Å². The van der Waals surface area contributed by atoms with Gasteiger partial charge in [0.25, 0.3) is 0 Å². The molecule has 0 unspecified atom stereocenters. The van der Waals surface area contributed by atoms with Gasteiger partial charge in [-0.15, -0.1) is 0 Å². The Hall–Kier alpha value is -2.81. The highest BCUT2D eigenvalue weighted by Gasteiger charge is 2.06. The van der Waals surface area contributed by atoms with Crippen LogP contribution < -0.4 is 15.9 Å². The summed E-state index contributed by atoms with van der Waals surface area (Å²) in [5.41, 5.74) is -0.852. The summed E-state index contributed by atoms with van der Waals surface area (Å²) in [6.07, 6.45) is 2.88. The lowest BCUT2D eigenvalue weighted by molar-refractivity contribution is 0.414. The summed E-state index contributed by atoms with van der Waals surface area (Å²) >= 11 is 0. The molecule has 0 amide bonds. The van der Waals surface area contributed by atoms with Crippen LogP contribution in [-0.2, 0) is 6.54 Å². The molecule has 6 heteroatoms. The minimum absolute atomic E-state index is 0.141. The average Bonchev–Trinajstić information content (AvgIpc) is 2.45. The molecular weight excluding hydrogens is 246 g/mol. The van der Waals surface area contributed by atoms with Gasteiger partial charge < -0.3 is 4.74 Å². The molecule has 0 spiro atoms. The number of ether oxygens (including phenoxy) is 1. The van der Waals surface area contributed by atoms with Crippen LogP contribution in [0.4, 0.5) is 0 Å². The molecule has 2 rings (SSSR count). The first-order valence-corrected chi connectivity index (χ1v) is 5.51. The Morgan fingerprint density at radius 3 is 2.42 bits per heavy atom. The molecule has 2 aromatic rings. The fraction of sp³-hybridized carbons (Fsp3) is 0.154. The number of methoxy groups -OCH3 is 1. The summed E-state index contributed by atoms with van der Waals surface area (Å²) in [6.45, 7) is -0.141. The highest BCUT2D eigenvalue weighted by Crippen LogP contribution is 2.12. The largest absolute Gasteiger partial charge is 0.497 e. The summed E-state index contributed by atoms with van der Waals surface area (Å²) in [5, 5.41) is 8.55. The summed E-state index contributed by atoms with van der Waals surface area (Å²) in [4.78, 5) is 23.6. The van der Waals surface area contributed by atoms with Crippen LogP contribution in [0.15, 0.2) is 46.2 Å². The van der Waals surface area contributed by atoms with E-state index in [2.05, 4.69) is 0 Å². The first-order valence-electron chi connectivity index (χ1n) is 5.51. The Morgan fingerprint density at radius 2 is 1.84 bits per heavy atom. The van der Waals surface area contributed by atoms with E-state index in [1.54, 1.807) is 31.4 Å². The van der Waals surface area contributed by atoms with Crippen molar-refractivity contribution in [3.63, 3.8) is 0 Å². The first kappa shape index (κ1) is 12.6. The molecule has 0 aliphatic rings. The Morgan fingerprint density at radius 1 is 1.16 bits per heavy atom. The Balaban J connectivity index is 2.52. The van der Waals surface area contributed by atoms with Crippen LogP contribution in [-0.4, -0.2) is 16.2 Å². The minimum Gasteiger partial charge on any atom is -0.497 e. The molecule has 1 heterocycles. The lowest BCUT2D eigenvalue weighted by Gasteiger charge is -2.07. The van der Waals surface area contributed by atoms with E-state index >= 15 is 0 Å². The van der Waals surface area contributed by atoms with Gasteiger partial charge in [-0.25, -0.2) is 0 Å². The minimum atomic E-state index is -0.722. The highest BCUT2D eigenvalue weighted by molar-refractivity contribution is 5.37. The predicted octanol–water partition coefficient (Wildman–Crippen LogP) is 0.531. The van der Waals surface area contributed by atoms with Gasteiger partial charge in [0.2, 0.25) is 0 Å². The quantitative estimate of drug-likeness (QED) is 0.751. The molecular formula is C13H11N3O3. The molecule has 0 atom stereocenters. The summed E-state index contributed by atoms with van der Waals surface area (Å²) in [7, 11) is 1.55. The maximum atomic E-state index is 11.9. The molecule has 0 radical (unpaired) electrons. The van der Waals surface area contributed by atoms with Crippen molar-refractivity contribution in [3.05, 3.63) is 57.4 Å². The number of rotatable bonds is 3. The maximum absolute atomic E-state index is 11.9. The van der Waals surface area contributed by atoms with Crippen LogP contribution in [0.25, 0.3) is 5.69 Å². The number of aromatic nitrogens is 2. The topological polar surface area (TPSA) is 77.0 Å². The Labute approximate surface area is 108 Å². The second-order valence-corrected chi connectivity index (χ2v) is 3.76. The molecule has 6 nitrogen and oxygen atoms in total. The van der Waals surface area contributed by atoms with Gasteiger partial charge in [0, 0.05) is 18.1 Å². The molecule has 19 heavy (non-hydrogen) atoms. The lowest BCUT2D eigenvalue weighted by Crippen LogP contribution is -2.39. The van der Waals surface area contributed by atoms with E-state index in [-0.39, 0.29) is 6.54 Å². The van der Waals surface area contributed by atoms with Crippen molar-refractivity contribution >= 4 is 0 Å². The highest BCUT2D eigenvalue weighted by atomic mass is 16.5. The number of nitrogens with zero attached hydrogens (tertiary/aromatic N) is 3. The van der Waals surface area contributed by atoms with Crippen molar-refractivity contribution < 1.29 is 4.74 Å². The number of benzene rings is 1. The van der Waals surface area contributed by atoms with Crippen LogP contribution in [0.3, 0.4) is 0 Å². The lowest BCUT2D eigenvalue weighted by atomic mass is 10.3. The fourth-order valence-corrected chi connectivity index (χ4v) is 1.66. The predicted molar refractivity (Wildman–Crippen MR) is 68.5 cm³/mol. The molecule has 0 saturated carbocycles. The van der Waals surface area contributed by atoms with Gasteiger partial charge in [0.15, 0.2) is 0 Å². The normalized spacial score (nSPS) is 9.89. The zero-order valence-corrected chi connectivity index (χ0v) is 10.2. The first-order chi connectivity index (χ1) is 9.17. The van der Waals surface area contributed by atoms with Gasteiger partial charge in [-0.1, -0.05) is 0 Å². The van der Waals surface area contributed by atoms with Gasteiger partial charge in [-0.3, -0.25) is 18.7 Å². The maximum Gasteiger partial charge on any atom is 0.321 e. The third-order valence-corrected chi connectivity index (χ3v) is 2.65. The van der Waals surface area contributed by atoms with Gasteiger partial charge >= 0.3 is 11.1 Å². The van der Waals surface area contributed by atoms with Gasteiger partial charge in [0.05, 0.1) is 13.2 Å². The fourth-order valence-electron chi connectivity index (χ4n) is 1.66. The number of hydrogen-bond acceptors (Lipinski definition) is 4. The molecule has 0 fully saturated rings. The van der Waals surface area contributed by atoms with E-state index in [4.69, 9.17) is 10.00 Å². The van der Waals surface area contributed by atoms with E-state index in [0.29, 0.717) is 11.4 Å². The monoisotopic (exact) mass is 257 g/mol. The van der Waals surface area contributed by atoms with Crippen molar-refractivity contribution in [1.29, 1.82) is 5.26 Å². The SMILES string of the molecule is COc1ccc(-n2ccn(CC#N)c(=O)c2=O)cc1. The Kier molecular flexibility index (Phi) is 3.48. The molecule has 0 N–H and O–H groups in total. The zero-order chi connectivity index (χ0) is 13.8. The van der Waals surface area contributed by atoms with Crippen molar-refractivity contribution in [2.45, 2.75) is 6.54 Å². The molecule has 0 saturated heterocycles. The van der Waals surface area contributed by atoms with Crippen molar-refractivity contribution in [2.75, 3.05) is 7.11 Å². The number of hydrogen-bond donors (Lipinski definition) is 0. The summed E-state index contributed by atoms with van der Waals surface area (Å²) in [5.74, 6) is 0.662. The summed E-state index contributed by atoms with van der Waals surface area (Å²) < 4.78 is 7.32. The van der Waals surface area contributed by atoms with Gasteiger partial charge in [-0.2, -0.15) is 5.26 Å². The van der Waals surface area contributed by atoms with E-state index in [9.17, 15) is 9.59 Å². The molecule has 1 aromatic carbocycles. The average molecular weight is 257 g/mol.